The van der Waals surface area contributed by atoms with E-state index in [9.17, 15) is 5.11 Å². The zero-order valence-electron chi connectivity index (χ0n) is 8.27. The number of nitrogens with zero attached hydrogens (tertiary/aromatic N) is 1. The lowest BCUT2D eigenvalue weighted by molar-refractivity contribution is 0.00494. The summed E-state index contributed by atoms with van der Waals surface area (Å²) in [6.07, 6.45) is 2.52. The molecule has 0 aliphatic rings. The smallest absolute Gasteiger partial charge is 0.104 e. The molecule has 1 N–H and O–H groups in total. The highest BCUT2D eigenvalue weighted by molar-refractivity contribution is 6.31. The summed E-state index contributed by atoms with van der Waals surface area (Å²) in [6, 6.07) is 1.69. The number of hydrogen-bond donors (Lipinski definition) is 1. The van der Waals surface area contributed by atoms with Crippen LogP contribution in [0.2, 0.25) is 5.02 Å². The SMILES string of the molecule is CC(C)OCC(O)c1ccncc1Cl. The lowest BCUT2D eigenvalue weighted by Gasteiger charge is -2.14. The quantitative estimate of drug-likeness (QED) is 0.837. The van der Waals surface area contributed by atoms with Gasteiger partial charge in [0.15, 0.2) is 0 Å². The van der Waals surface area contributed by atoms with Gasteiger partial charge in [-0.05, 0) is 19.9 Å². The summed E-state index contributed by atoms with van der Waals surface area (Å²) in [5.74, 6) is 0. The molecule has 1 rings (SSSR count). The second kappa shape index (κ2) is 5.29. The third kappa shape index (κ3) is 3.25. The summed E-state index contributed by atoms with van der Waals surface area (Å²) >= 11 is 5.86. The van der Waals surface area contributed by atoms with Gasteiger partial charge in [-0.2, -0.15) is 0 Å². The molecule has 14 heavy (non-hydrogen) atoms. The third-order valence-corrected chi connectivity index (χ3v) is 2.07. The molecule has 1 aromatic rings. The molecule has 3 nitrogen and oxygen atoms in total. The van der Waals surface area contributed by atoms with E-state index in [0.717, 1.165) is 0 Å². The topological polar surface area (TPSA) is 42.4 Å². The summed E-state index contributed by atoms with van der Waals surface area (Å²) < 4.78 is 5.28. The van der Waals surface area contributed by atoms with Crippen molar-refractivity contribution in [2.45, 2.75) is 26.1 Å². The average molecular weight is 216 g/mol. The minimum atomic E-state index is -0.687. The molecule has 0 aliphatic heterocycles. The molecule has 78 valence electrons. The van der Waals surface area contributed by atoms with Crippen molar-refractivity contribution in [3.63, 3.8) is 0 Å². The van der Waals surface area contributed by atoms with E-state index in [0.29, 0.717) is 10.6 Å². The second-order valence-corrected chi connectivity index (χ2v) is 3.70. The molecular formula is C10H14ClNO2. The van der Waals surface area contributed by atoms with Crippen LogP contribution >= 0.6 is 11.6 Å². The van der Waals surface area contributed by atoms with Crippen LogP contribution < -0.4 is 0 Å². The van der Waals surface area contributed by atoms with Gasteiger partial charge in [-0.3, -0.25) is 4.98 Å². The van der Waals surface area contributed by atoms with Crippen molar-refractivity contribution in [1.29, 1.82) is 0 Å². The fraction of sp³-hybridized carbons (Fsp3) is 0.500. The minimum Gasteiger partial charge on any atom is -0.386 e. The maximum Gasteiger partial charge on any atom is 0.104 e. The Hall–Kier alpha value is -0.640. The van der Waals surface area contributed by atoms with Crippen molar-refractivity contribution >= 4 is 11.6 Å². The molecule has 1 atom stereocenters. The van der Waals surface area contributed by atoms with E-state index in [1.807, 2.05) is 13.8 Å². The predicted molar refractivity (Wildman–Crippen MR) is 55.3 cm³/mol. The van der Waals surface area contributed by atoms with Crippen LogP contribution in [0.4, 0.5) is 0 Å². The van der Waals surface area contributed by atoms with Crippen LogP contribution in [0.5, 0.6) is 0 Å². The first-order valence-corrected chi connectivity index (χ1v) is 4.88. The van der Waals surface area contributed by atoms with Crippen molar-refractivity contribution in [2.24, 2.45) is 0 Å². The van der Waals surface area contributed by atoms with Gasteiger partial charge in [0, 0.05) is 18.0 Å². The van der Waals surface area contributed by atoms with Crippen LogP contribution in [-0.2, 0) is 4.74 Å². The van der Waals surface area contributed by atoms with E-state index < -0.39 is 6.10 Å². The number of pyridine rings is 1. The minimum absolute atomic E-state index is 0.102. The first-order chi connectivity index (χ1) is 6.61. The van der Waals surface area contributed by atoms with Gasteiger partial charge in [-0.1, -0.05) is 11.6 Å². The van der Waals surface area contributed by atoms with Crippen molar-refractivity contribution < 1.29 is 9.84 Å². The number of aliphatic hydroxyl groups excluding tert-OH is 1. The van der Waals surface area contributed by atoms with Gasteiger partial charge >= 0.3 is 0 Å². The third-order valence-electron chi connectivity index (χ3n) is 1.75. The maximum atomic E-state index is 9.71. The van der Waals surface area contributed by atoms with Gasteiger partial charge < -0.3 is 9.84 Å². The Balaban J connectivity index is 2.60. The van der Waals surface area contributed by atoms with Gasteiger partial charge in [0.05, 0.1) is 17.7 Å². The second-order valence-electron chi connectivity index (χ2n) is 3.30. The van der Waals surface area contributed by atoms with Crippen LogP contribution in [0.25, 0.3) is 0 Å². The Morgan fingerprint density at radius 1 is 1.57 bits per heavy atom. The Kier molecular flexibility index (Phi) is 4.32. The Morgan fingerprint density at radius 3 is 2.86 bits per heavy atom. The summed E-state index contributed by atoms with van der Waals surface area (Å²) in [4.78, 5) is 3.84. The van der Waals surface area contributed by atoms with Crippen LogP contribution in [0.1, 0.15) is 25.5 Å². The first-order valence-electron chi connectivity index (χ1n) is 4.50. The van der Waals surface area contributed by atoms with Crippen molar-refractivity contribution in [3.05, 3.63) is 29.0 Å². The van der Waals surface area contributed by atoms with E-state index in [2.05, 4.69) is 4.98 Å². The van der Waals surface area contributed by atoms with Crippen LogP contribution in [-0.4, -0.2) is 22.8 Å². The number of ether oxygens (including phenoxy) is 1. The van der Waals surface area contributed by atoms with Crippen LogP contribution in [0, 0.1) is 0 Å². The van der Waals surface area contributed by atoms with E-state index in [4.69, 9.17) is 16.3 Å². The number of aliphatic hydroxyl groups is 1. The summed E-state index contributed by atoms with van der Waals surface area (Å²) in [5.41, 5.74) is 0.655. The monoisotopic (exact) mass is 215 g/mol. The Bertz CT molecular complexity index is 291. The van der Waals surface area contributed by atoms with Crippen molar-refractivity contribution in [3.8, 4) is 0 Å². The Morgan fingerprint density at radius 2 is 2.29 bits per heavy atom. The molecule has 0 bridgehead atoms. The van der Waals surface area contributed by atoms with Gasteiger partial charge in [-0.15, -0.1) is 0 Å². The average Bonchev–Trinajstić information content (AvgIpc) is 2.15. The zero-order chi connectivity index (χ0) is 10.6. The van der Waals surface area contributed by atoms with E-state index in [-0.39, 0.29) is 12.7 Å². The van der Waals surface area contributed by atoms with Gasteiger partial charge in [0.2, 0.25) is 0 Å². The normalized spacial score (nSPS) is 13.2. The molecule has 0 radical (unpaired) electrons. The molecule has 0 fully saturated rings. The molecule has 0 saturated heterocycles. The van der Waals surface area contributed by atoms with Crippen LogP contribution in [0.3, 0.4) is 0 Å². The maximum absolute atomic E-state index is 9.71. The fourth-order valence-corrected chi connectivity index (χ4v) is 1.27. The molecular weight excluding hydrogens is 202 g/mol. The highest BCUT2D eigenvalue weighted by atomic mass is 35.5. The zero-order valence-corrected chi connectivity index (χ0v) is 9.03. The largest absolute Gasteiger partial charge is 0.386 e. The number of rotatable bonds is 4. The van der Waals surface area contributed by atoms with Gasteiger partial charge in [-0.25, -0.2) is 0 Å². The highest BCUT2D eigenvalue weighted by Crippen LogP contribution is 2.21. The Labute approximate surface area is 88.7 Å². The summed E-state index contributed by atoms with van der Waals surface area (Å²) in [7, 11) is 0. The molecule has 0 spiro atoms. The lowest BCUT2D eigenvalue weighted by atomic mass is 10.1. The first kappa shape index (κ1) is 11.4. The van der Waals surface area contributed by atoms with Gasteiger partial charge in [0.1, 0.15) is 6.10 Å². The molecule has 1 unspecified atom stereocenters. The van der Waals surface area contributed by atoms with Crippen LogP contribution in [0.15, 0.2) is 18.5 Å². The fourth-order valence-electron chi connectivity index (χ4n) is 1.03. The van der Waals surface area contributed by atoms with E-state index in [1.165, 1.54) is 6.20 Å². The predicted octanol–water partition coefficient (Wildman–Crippen LogP) is 2.19. The standard InChI is InChI=1S/C10H14ClNO2/c1-7(2)14-6-10(13)8-3-4-12-5-9(8)11/h3-5,7,10,13H,6H2,1-2H3. The molecule has 1 aromatic heterocycles. The van der Waals surface area contributed by atoms with Gasteiger partial charge in [0.25, 0.3) is 0 Å². The van der Waals surface area contributed by atoms with Crippen molar-refractivity contribution in [2.75, 3.05) is 6.61 Å². The number of hydrogen-bond acceptors (Lipinski definition) is 3. The molecule has 0 saturated carbocycles. The summed E-state index contributed by atoms with van der Waals surface area (Å²) in [5, 5.41) is 10.2. The highest BCUT2D eigenvalue weighted by Gasteiger charge is 2.11. The lowest BCUT2D eigenvalue weighted by Crippen LogP contribution is -2.12. The molecule has 0 aromatic carbocycles. The molecule has 0 amide bonds. The van der Waals surface area contributed by atoms with E-state index >= 15 is 0 Å². The number of aromatic nitrogens is 1. The van der Waals surface area contributed by atoms with Crippen molar-refractivity contribution in [1.82, 2.24) is 4.98 Å². The van der Waals surface area contributed by atoms with E-state index in [1.54, 1.807) is 12.3 Å². The summed E-state index contributed by atoms with van der Waals surface area (Å²) in [6.45, 7) is 4.09. The number of halogens is 1. The molecule has 4 heteroatoms. The molecule has 1 heterocycles. The molecule has 0 aliphatic carbocycles.